The Morgan fingerprint density at radius 1 is 1.19 bits per heavy atom. The van der Waals surface area contributed by atoms with Gasteiger partial charge in [-0.2, -0.15) is 0 Å². The number of carbonyl (C=O) groups excluding carboxylic acids is 1. The molecule has 0 saturated heterocycles. The number of amides is 1. The van der Waals surface area contributed by atoms with Crippen LogP contribution in [-0.4, -0.2) is 22.3 Å². The molecular formula is C18H13Cl2N3O4. The third kappa shape index (κ3) is 3.56. The van der Waals surface area contributed by atoms with Gasteiger partial charge in [-0.25, -0.2) is 4.98 Å². The van der Waals surface area contributed by atoms with Crippen LogP contribution in [0.15, 0.2) is 41.5 Å². The van der Waals surface area contributed by atoms with Crippen molar-refractivity contribution in [1.82, 2.24) is 14.9 Å². The van der Waals surface area contributed by atoms with Crippen LogP contribution in [0.2, 0.25) is 10.0 Å². The standard InChI is InChI=1S/C18H13Cl2N3O4/c19-11-4-12-17(13(20)5-11)22-8-23(18(12)25)7-16(24)21-6-10-1-2-14-15(3-10)27-9-26-14/h1-5,8H,6-7,9H2,(H,21,24). The molecule has 4 rings (SSSR count). The van der Waals surface area contributed by atoms with Crippen LogP contribution >= 0.6 is 23.2 Å². The molecule has 1 N–H and O–H groups in total. The summed E-state index contributed by atoms with van der Waals surface area (Å²) in [5.74, 6) is 0.991. The molecule has 0 radical (unpaired) electrons. The van der Waals surface area contributed by atoms with E-state index in [2.05, 4.69) is 10.3 Å². The lowest BCUT2D eigenvalue weighted by Crippen LogP contribution is -2.32. The molecule has 0 atom stereocenters. The zero-order chi connectivity index (χ0) is 19.0. The fourth-order valence-corrected chi connectivity index (χ4v) is 3.31. The molecule has 27 heavy (non-hydrogen) atoms. The Balaban J connectivity index is 1.48. The van der Waals surface area contributed by atoms with Gasteiger partial charge >= 0.3 is 0 Å². The number of benzene rings is 2. The average Bonchev–Trinajstić information content (AvgIpc) is 3.10. The zero-order valence-electron chi connectivity index (χ0n) is 13.9. The highest BCUT2D eigenvalue weighted by Gasteiger charge is 2.14. The van der Waals surface area contributed by atoms with Crippen LogP contribution in [0.1, 0.15) is 5.56 Å². The highest BCUT2D eigenvalue weighted by Crippen LogP contribution is 2.32. The molecule has 1 aliphatic heterocycles. The van der Waals surface area contributed by atoms with E-state index in [0.29, 0.717) is 28.6 Å². The third-order valence-corrected chi connectivity index (χ3v) is 4.59. The number of nitrogens with zero attached hydrogens (tertiary/aromatic N) is 2. The molecule has 9 heteroatoms. The number of hydrogen-bond donors (Lipinski definition) is 1. The van der Waals surface area contributed by atoms with Crippen molar-refractivity contribution in [3.63, 3.8) is 0 Å². The predicted octanol–water partition coefficient (Wildman–Crippen LogP) is 2.75. The average molecular weight is 406 g/mol. The van der Waals surface area contributed by atoms with E-state index < -0.39 is 0 Å². The largest absolute Gasteiger partial charge is 0.454 e. The number of ether oxygens (including phenoxy) is 2. The highest BCUT2D eigenvalue weighted by molar-refractivity contribution is 6.38. The van der Waals surface area contributed by atoms with Crippen LogP contribution < -0.4 is 20.3 Å². The maximum Gasteiger partial charge on any atom is 0.261 e. The van der Waals surface area contributed by atoms with Crippen LogP contribution in [0.4, 0.5) is 0 Å². The minimum atomic E-state index is -0.386. The number of nitrogens with one attached hydrogen (secondary N) is 1. The maximum absolute atomic E-state index is 12.6. The number of rotatable bonds is 4. The van der Waals surface area contributed by atoms with Crippen LogP contribution in [-0.2, 0) is 17.9 Å². The van der Waals surface area contributed by atoms with Crippen molar-refractivity contribution in [2.75, 3.05) is 6.79 Å². The van der Waals surface area contributed by atoms with Crippen LogP contribution in [0.3, 0.4) is 0 Å². The third-order valence-electron chi connectivity index (χ3n) is 4.09. The summed E-state index contributed by atoms with van der Waals surface area (Å²) in [4.78, 5) is 29.0. The minimum Gasteiger partial charge on any atom is -0.454 e. The summed E-state index contributed by atoms with van der Waals surface area (Å²) in [5, 5.41) is 3.64. The van der Waals surface area contributed by atoms with Gasteiger partial charge in [-0.05, 0) is 29.8 Å². The first-order valence-electron chi connectivity index (χ1n) is 8.01. The van der Waals surface area contributed by atoms with E-state index in [1.54, 1.807) is 12.1 Å². The topological polar surface area (TPSA) is 82.5 Å². The molecular weight excluding hydrogens is 393 g/mol. The fraction of sp³-hybridized carbons (Fsp3) is 0.167. The molecule has 0 aliphatic carbocycles. The molecule has 1 amide bonds. The van der Waals surface area contributed by atoms with Crippen molar-refractivity contribution in [2.45, 2.75) is 13.1 Å². The SMILES string of the molecule is O=C(Cn1cnc2c(Cl)cc(Cl)cc2c1=O)NCc1ccc2c(c1)OCO2. The second-order valence-corrected chi connectivity index (χ2v) is 6.77. The van der Waals surface area contributed by atoms with Crippen molar-refractivity contribution in [2.24, 2.45) is 0 Å². The minimum absolute atomic E-state index is 0.170. The normalized spacial score (nSPS) is 12.4. The summed E-state index contributed by atoms with van der Waals surface area (Å²) >= 11 is 12.0. The molecule has 7 nitrogen and oxygen atoms in total. The maximum atomic E-state index is 12.6. The molecule has 0 bridgehead atoms. The molecule has 2 aromatic carbocycles. The van der Waals surface area contributed by atoms with Gasteiger partial charge in [0.1, 0.15) is 6.54 Å². The summed E-state index contributed by atoms with van der Waals surface area (Å²) in [6.07, 6.45) is 1.30. The van der Waals surface area contributed by atoms with Gasteiger partial charge in [0.05, 0.1) is 22.3 Å². The first-order valence-corrected chi connectivity index (χ1v) is 8.76. The molecule has 0 unspecified atom stereocenters. The smallest absolute Gasteiger partial charge is 0.261 e. The second-order valence-electron chi connectivity index (χ2n) is 5.93. The lowest BCUT2D eigenvalue weighted by atomic mass is 10.2. The van der Waals surface area contributed by atoms with Crippen LogP contribution in [0.5, 0.6) is 11.5 Å². The predicted molar refractivity (Wildman–Crippen MR) is 100 cm³/mol. The van der Waals surface area contributed by atoms with Gasteiger partial charge in [0.2, 0.25) is 12.7 Å². The van der Waals surface area contributed by atoms with Crippen molar-refractivity contribution >= 4 is 40.0 Å². The Bertz CT molecular complexity index is 1110. The van der Waals surface area contributed by atoms with E-state index >= 15 is 0 Å². The van der Waals surface area contributed by atoms with Crippen molar-refractivity contribution in [3.05, 3.63) is 62.6 Å². The van der Waals surface area contributed by atoms with Gasteiger partial charge in [-0.1, -0.05) is 29.3 Å². The summed E-state index contributed by atoms with van der Waals surface area (Å²) in [6, 6.07) is 8.42. The molecule has 2 heterocycles. The van der Waals surface area contributed by atoms with E-state index in [1.165, 1.54) is 23.0 Å². The Labute approximate surface area is 163 Å². The van der Waals surface area contributed by atoms with Gasteiger partial charge in [0, 0.05) is 11.6 Å². The zero-order valence-corrected chi connectivity index (χ0v) is 15.4. The van der Waals surface area contributed by atoms with Gasteiger partial charge in [-0.15, -0.1) is 0 Å². The van der Waals surface area contributed by atoms with Crippen molar-refractivity contribution < 1.29 is 14.3 Å². The lowest BCUT2D eigenvalue weighted by molar-refractivity contribution is -0.121. The highest BCUT2D eigenvalue weighted by atomic mass is 35.5. The summed E-state index contributed by atoms with van der Waals surface area (Å²) in [6.45, 7) is 0.316. The quantitative estimate of drug-likeness (QED) is 0.721. The van der Waals surface area contributed by atoms with Crippen LogP contribution in [0, 0.1) is 0 Å². The summed E-state index contributed by atoms with van der Waals surface area (Å²) < 4.78 is 11.8. The number of aromatic nitrogens is 2. The Morgan fingerprint density at radius 3 is 2.85 bits per heavy atom. The Kier molecular flexibility index (Phi) is 4.63. The first kappa shape index (κ1) is 17.6. The second kappa shape index (κ2) is 7.09. The van der Waals surface area contributed by atoms with E-state index in [1.807, 2.05) is 6.07 Å². The van der Waals surface area contributed by atoms with E-state index in [9.17, 15) is 9.59 Å². The Hall–Kier alpha value is -2.77. The van der Waals surface area contributed by atoms with Crippen molar-refractivity contribution in [1.29, 1.82) is 0 Å². The first-order chi connectivity index (χ1) is 13.0. The molecule has 0 spiro atoms. The van der Waals surface area contributed by atoms with Gasteiger partial charge < -0.3 is 14.8 Å². The summed E-state index contributed by atoms with van der Waals surface area (Å²) in [7, 11) is 0. The molecule has 138 valence electrons. The molecule has 1 aromatic heterocycles. The van der Waals surface area contributed by atoms with Gasteiger partial charge in [0.15, 0.2) is 11.5 Å². The molecule has 3 aromatic rings. The van der Waals surface area contributed by atoms with Gasteiger partial charge in [-0.3, -0.25) is 14.2 Å². The van der Waals surface area contributed by atoms with E-state index in [4.69, 9.17) is 32.7 Å². The monoisotopic (exact) mass is 405 g/mol. The number of hydrogen-bond acceptors (Lipinski definition) is 5. The van der Waals surface area contributed by atoms with Gasteiger partial charge in [0.25, 0.3) is 5.56 Å². The fourth-order valence-electron chi connectivity index (χ4n) is 2.77. The Morgan fingerprint density at radius 2 is 2.00 bits per heavy atom. The number of halogens is 2. The molecule has 0 saturated carbocycles. The van der Waals surface area contributed by atoms with E-state index in [-0.39, 0.29) is 35.2 Å². The number of fused-ring (bicyclic) bond motifs is 2. The van der Waals surface area contributed by atoms with Crippen molar-refractivity contribution in [3.8, 4) is 11.5 Å². The van der Waals surface area contributed by atoms with Crippen LogP contribution in [0.25, 0.3) is 10.9 Å². The summed E-state index contributed by atoms with van der Waals surface area (Å²) in [5.41, 5.74) is 0.820. The lowest BCUT2D eigenvalue weighted by Gasteiger charge is -2.09. The molecule has 1 aliphatic rings. The molecule has 0 fully saturated rings. The number of carbonyl (C=O) groups is 1. The van der Waals surface area contributed by atoms with E-state index in [0.717, 1.165) is 5.56 Å².